The number of aromatic nitrogens is 1. The van der Waals surface area contributed by atoms with Gasteiger partial charge in [0.1, 0.15) is 10.7 Å². The Bertz CT molecular complexity index is 893. The van der Waals surface area contributed by atoms with Crippen molar-refractivity contribution in [1.29, 1.82) is 0 Å². The number of nitrogens with zero attached hydrogens (tertiary/aromatic N) is 4. The maximum absolute atomic E-state index is 12.4. The predicted octanol–water partition coefficient (Wildman–Crippen LogP) is 2.47. The summed E-state index contributed by atoms with van der Waals surface area (Å²) < 4.78 is 26.1. The largest absolute Gasteiger partial charge is 0.278 e. The van der Waals surface area contributed by atoms with Crippen LogP contribution in [0.3, 0.4) is 0 Å². The second kappa shape index (κ2) is 8.50. The molecule has 1 aromatic carbocycles. The zero-order valence-electron chi connectivity index (χ0n) is 14.4. The van der Waals surface area contributed by atoms with Crippen LogP contribution in [0.25, 0.3) is 0 Å². The molecule has 0 aliphatic carbocycles. The molecule has 26 heavy (non-hydrogen) atoms. The summed E-state index contributed by atoms with van der Waals surface area (Å²) in [5.74, 6) is 0.318. The quantitative estimate of drug-likeness (QED) is 0.429. The van der Waals surface area contributed by atoms with Gasteiger partial charge in [0.2, 0.25) is 10.0 Å². The van der Waals surface area contributed by atoms with E-state index in [-0.39, 0.29) is 10.6 Å². The van der Waals surface area contributed by atoms with Gasteiger partial charge in [0.25, 0.3) is 5.69 Å². The van der Waals surface area contributed by atoms with Crippen molar-refractivity contribution in [3.05, 3.63) is 58.3 Å². The molecule has 0 bridgehead atoms. The number of nitro benzene ring substituents is 1. The Balaban J connectivity index is 2.12. The molecule has 1 N–H and O–H groups in total. The molecule has 0 unspecified atom stereocenters. The SMILES string of the molecule is CCN(CC)S(=O)(=O)c1ccc(N/N=C\c2ccccc2[N+](=O)[O-])nc1. The Labute approximate surface area is 151 Å². The van der Waals surface area contributed by atoms with Crippen LogP contribution in [-0.4, -0.2) is 41.9 Å². The molecule has 0 aliphatic rings. The molecule has 1 heterocycles. The highest BCUT2D eigenvalue weighted by Gasteiger charge is 2.21. The number of nitro groups is 1. The maximum Gasteiger partial charge on any atom is 0.278 e. The van der Waals surface area contributed by atoms with Gasteiger partial charge in [0, 0.05) is 25.4 Å². The van der Waals surface area contributed by atoms with Gasteiger partial charge in [-0.3, -0.25) is 15.5 Å². The van der Waals surface area contributed by atoms with Crippen molar-refractivity contribution in [3.8, 4) is 0 Å². The normalized spacial score (nSPS) is 11.8. The van der Waals surface area contributed by atoms with Gasteiger partial charge in [-0.05, 0) is 18.2 Å². The third kappa shape index (κ3) is 4.41. The standard InChI is InChI=1S/C16H19N5O4S/c1-3-20(4-2)26(24,25)14-9-10-16(17-12-14)19-18-11-13-7-5-6-8-15(13)21(22)23/h5-12H,3-4H2,1-2H3,(H,17,19)/b18-11-. The Kier molecular flexibility index (Phi) is 6.36. The first-order chi connectivity index (χ1) is 12.4. The average Bonchev–Trinajstić information content (AvgIpc) is 2.63. The molecule has 0 aliphatic heterocycles. The minimum atomic E-state index is -3.57. The third-order valence-electron chi connectivity index (χ3n) is 3.60. The molecule has 0 radical (unpaired) electrons. The van der Waals surface area contributed by atoms with Gasteiger partial charge < -0.3 is 0 Å². The van der Waals surface area contributed by atoms with Crippen molar-refractivity contribution in [2.45, 2.75) is 18.7 Å². The van der Waals surface area contributed by atoms with Crippen LogP contribution in [0, 0.1) is 10.1 Å². The van der Waals surface area contributed by atoms with Crippen molar-refractivity contribution in [1.82, 2.24) is 9.29 Å². The Morgan fingerprint density at radius 1 is 1.23 bits per heavy atom. The molecule has 2 rings (SSSR count). The van der Waals surface area contributed by atoms with Crippen molar-refractivity contribution >= 4 is 27.7 Å². The van der Waals surface area contributed by atoms with Crippen LogP contribution in [-0.2, 0) is 10.0 Å². The first-order valence-corrected chi connectivity index (χ1v) is 9.32. The molecule has 1 aromatic heterocycles. The van der Waals surface area contributed by atoms with Gasteiger partial charge in [0.15, 0.2) is 0 Å². The lowest BCUT2D eigenvalue weighted by Gasteiger charge is -2.18. The van der Waals surface area contributed by atoms with E-state index in [4.69, 9.17) is 0 Å². The predicted molar refractivity (Wildman–Crippen MR) is 98.7 cm³/mol. The van der Waals surface area contributed by atoms with Crippen LogP contribution in [0.2, 0.25) is 0 Å². The van der Waals surface area contributed by atoms with E-state index in [2.05, 4.69) is 15.5 Å². The number of nitrogens with one attached hydrogen (secondary N) is 1. The highest BCUT2D eigenvalue weighted by molar-refractivity contribution is 7.89. The van der Waals surface area contributed by atoms with E-state index in [9.17, 15) is 18.5 Å². The van der Waals surface area contributed by atoms with E-state index < -0.39 is 14.9 Å². The summed E-state index contributed by atoms with van der Waals surface area (Å²) in [7, 11) is -3.57. The number of anilines is 1. The molecular formula is C16H19N5O4S. The molecule has 9 nitrogen and oxygen atoms in total. The molecule has 138 valence electrons. The number of sulfonamides is 1. The van der Waals surface area contributed by atoms with E-state index in [1.54, 1.807) is 32.0 Å². The van der Waals surface area contributed by atoms with Gasteiger partial charge in [-0.25, -0.2) is 13.4 Å². The van der Waals surface area contributed by atoms with Crippen molar-refractivity contribution < 1.29 is 13.3 Å². The van der Waals surface area contributed by atoms with Gasteiger partial charge in [-0.2, -0.15) is 9.41 Å². The van der Waals surface area contributed by atoms with Crippen LogP contribution < -0.4 is 5.43 Å². The van der Waals surface area contributed by atoms with Gasteiger partial charge in [0.05, 0.1) is 16.7 Å². The van der Waals surface area contributed by atoms with Crippen molar-refractivity contribution in [2.24, 2.45) is 5.10 Å². The van der Waals surface area contributed by atoms with Crippen molar-refractivity contribution in [3.63, 3.8) is 0 Å². The molecule has 0 atom stereocenters. The maximum atomic E-state index is 12.4. The summed E-state index contributed by atoms with van der Waals surface area (Å²) in [5.41, 5.74) is 2.90. The van der Waals surface area contributed by atoms with Crippen LogP contribution in [0.5, 0.6) is 0 Å². The molecule has 0 saturated carbocycles. The number of benzene rings is 1. The number of para-hydroxylation sites is 1. The number of hydrazone groups is 1. The molecule has 0 saturated heterocycles. The van der Waals surface area contributed by atoms with E-state index in [1.807, 2.05) is 0 Å². The van der Waals surface area contributed by atoms with Gasteiger partial charge >= 0.3 is 0 Å². The summed E-state index contributed by atoms with van der Waals surface area (Å²) in [5, 5.41) is 14.9. The van der Waals surface area contributed by atoms with E-state index in [0.717, 1.165) is 0 Å². The third-order valence-corrected chi connectivity index (χ3v) is 5.63. The molecule has 0 amide bonds. The fourth-order valence-electron chi connectivity index (χ4n) is 2.24. The van der Waals surface area contributed by atoms with Crippen molar-refractivity contribution in [2.75, 3.05) is 18.5 Å². The zero-order valence-corrected chi connectivity index (χ0v) is 15.2. The summed E-state index contributed by atoms with van der Waals surface area (Å²) in [6, 6.07) is 9.10. The molecular weight excluding hydrogens is 358 g/mol. The smallest absolute Gasteiger partial charge is 0.261 e. The van der Waals surface area contributed by atoms with E-state index in [1.165, 1.54) is 34.9 Å². The second-order valence-corrected chi connectivity index (χ2v) is 7.09. The van der Waals surface area contributed by atoms with Crippen LogP contribution in [0.4, 0.5) is 11.5 Å². The minimum Gasteiger partial charge on any atom is -0.261 e. The first-order valence-electron chi connectivity index (χ1n) is 7.88. The highest BCUT2D eigenvalue weighted by atomic mass is 32.2. The lowest BCUT2D eigenvalue weighted by Crippen LogP contribution is -2.30. The Morgan fingerprint density at radius 3 is 2.50 bits per heavy atom. The summed E-state index contributed by atoms with van der Waals surface area (Å²) in [4.78, 5) is 14.6. The average molecular weight is 377 g/mol. The monoisotopic (exact) mass is 377 g/mol. The summed E-state index contributed by atoms with van der Waals surface area (Å²) in [6.45, 7) is 4.28. The molecule has 10 heteroatoms. The summed E-state index contributed by atoms with van der Waals surface area (Å²) in [6.07, 6.45) is 2.55. The fourth-order valence-corrected chi connectivity index (χ4v) is 3.65. The number of rotatable bonds is 8. The van der Waals surface area contributed by atoms with Gasteiger partial charge in [-0.15, -0.1) is 0 Å². The number of hydrogen-bond donors (Lipinski definition) is 1. The van der Waals surface area contributed by atoms with Crippen LogP contribution in [0.1, 0.15) is 19.4 Å². The van der Waals surface area contributed by atoms with E-state index in [0.29, 0.717) is 24.5 Å². The zero-order chi connectivity index (χ0) is 19.2. The topological polar surface area (TPSA) is 118 Å². The fraction of sp³-hybridized carbons (Fsp3) is 0.250. The molecule has 2 aromatic rings. The van der Waals surface area contributed by atoms with Crippen LogP contribution >= 0.6 is 0 Å². The van der Waals surface area contributed by atoms with Crippen LogP contribution in [0.15, 0.2) is 52.6 Å². The van der Waals surface area contributed by atoms with E-state index >= 15 is 0 Å². The second-order valence-electron chi connectivity index (χ2n) is 5.15. The molecule has 0 spiro atoms. The first kappa shape index (κ1) is 19.5. The lowest BCUT2D eigenvalue weighted by molar-refractivity contribution is -0.385. The Hall–Kier alpha value is -2.85. The summed E-state index contributed by atoms with van der Waals surface area (Å²) >= 11 is 0. The number of pyridine rings is 1. The lowest BCUT2D eigenvalue weighted by atomic mass is 10.2. The van der Waals surface area contributed by atoms with Gasteiger partial charge in [-0.1, -0.05) is 26.0 Å². The highest BCUT2D eigenvalue weighted by Crippen LogP contribution is 2.17. The minimum absolute atomic E-state index is 0.0633. The Morgan fingerprint density at radius 2 is 1.92 bits per heavy atom. The number of hydrogen-bond acceptors (Lipinski definition) is 7. The molecule has 0 fully saturated rings.